The Bertz CT molecular complexity index is 1080. The average Bonchev–Trinajstić information content (AvgIpc) is 3.10. The number of rotatable bonds is 7. The number of hydrogen-bond acceptors (Lipinski definition) is 5. The number of carbonyl (C=O) groups is 1. The summed E-state index contributed by atoms with van der Waals surface area (Å²) in [5.74, 6) is -0.128. The first-order chi connectivity index (χ1) is 13.3. The lowest BCUT2D eigenvalue weighted by Crippen LogP contribution is -2.27. The first kappa shape index (κ1) is 20.5. The smallest absolute Gasteiger partial charge is 0.238 e. The van der Waals surface area contributed by atoms with Crippen molar-refractivity contribution >= 4 is 38.9 Å². The maximum atomic E-state index is 12.1. The van der Waals surface area contributed by atoms with Gasteiger partial charge in [0.05, 0.1) is 22.0 Å². The summed E-state index contributed by atoms with van der Waals surface area (Å²) in [5.41, 5.74) is 2.45. The number of nitrogens with two attached hydrogens (primary N) is 1. The highest BCUT2D eigenvalue weighted by Crippen LogP contribution is 2.30. The number of aromatic nitrogens is 1. The maximum absolute atomic E-state index is 12.1. The Labute approximate surface area is 172 Å². The largest absolute Gasteiger partial charge is 0.355 e. The molecule has 0 fully saturated rings. The predicted molar refractivity (Wildman–Crippen MR) is 111 cm³/mol. The number of amides is 1. The Hall–Kier alpha value is -2.26. The fraction of sp³-hybridized carbons (Fsp3) is 0.158. The van der Waals surface area contributed by atoms with Gasteiger partial charge in [-0.15, -0.1) is 11.3 Å². The standard InChI is InChI=1S/C19H18ClN3O3S2/c20-17-4-2-1-3-16(17)19-23-14(12-27-19)11-18(24)22-10-9-13-5-7-15(8-6-13)28(21,25)26/h1-8,12H,9-11H2,(H,22,24)(H2,21,25,26). The van der Waals surface area contributed by atoms with Crippen LogP contribution in [0.2, 0.25) is 5.02 Å². The number of sulfonamides is 1. The van der Waals surface area contributed by atoms with Crippen molar-refractivity contribution < 1.29 is 13.2 Å². The van der Waals surface area contributed by atoms with E-state index in [9.17, 15) is 13.2 Å². The number of thiazole rings is 1. The summed E-state index contributed by atoms with van der Waals surface area (Å²) in [4.78, 5) is 16.7. The molecule has 0 saturated carbocycles. The zero-order chi connectivity index (χ0) is 20.1. The van der Waals surface area contributed by atoms with Gasteiger partial charge in [-0.05, 0) is 30.2 Å². The second-order valence-corrected chi connectivity index (χ2v) is 8.92. The molecule has 1 aromatic heterocycles. The van der Waals surface area contributed by atoms with Gasteiger partial charge >= 0.3 is 0 Å². The molecule has 0 aliphatic rings. The van der Waals surface area contributed by atoms with E-state index in [4.69, 9.17) is 16.7 Å². The number of nitrogens with zero attached hydrogens (tertiary/aromatic N) is 1. The average molecular weight is 436 g/mol. The Morgan fingerprint density at radius 2 is 1.86 bits per heavy atom. The van der Waals surface area contributed by atoms with Crippen LogP contribution >= 0.6 is 22.9 Å². The van der Waals surface area contributed by atoms with E-state index < -0.39 is 10.0 Å². The van der Waals surface area contributed by atoms with E-state index in [1.807, 2.05) is 23.6 Å². The molecular weight excluding hydrogens is 418 g/mol. The van der Waals surface area contributed by atoms with Crippen LogP contribution in [0.5, 0.6) is 0 Å². The van der Waals surface area contributed by atoms with Gasteiger partial charge in [-0.3, -0.25) is 4.79 Å². The third-order valence-electron chi connectivity index (χ3n) is 3.99. The van der Waals surface area contributed by atoms with Crippen LogP contribution in [0.15, 0.2) is 58.8 Å². The highest BCUT2D eigenvalue weighted by Gasteiger charge is 2.11. The Morgan fingerprint density at radius 1 is 1.14 bits per heavy atom. The quantitative estimate of drug-likeness (QED) is 0.595. The van der Waals surface area contributed by atoms with Gasteiger partial charge < -0.3 is 5.32 Å². The molecule has 0 aliphatic heterocycles. The van der Waals surface area contributed by atoms with Crippen LogP contribution in [-0.2, 0) is 27.7 Å². The summed E-state index contributed by atoms with van der Waals surface area (Å²) in [5, 5.41) is 11.2. The van der Waals surface area contributed by atoms with Gasteiger partial charge in [-0.25, -0.2) is 18.5 Å². The molecule has 3 aromatic rings. The summed E-state index contributed by atoms with van der Waals surface area (Å²) in [6, 6.07) is 13.7. The van der Waals surface area contributed by atoms with Crippen LogP contribution in [0.1, 0.15) is 11.3 Å². The lowest BCUT2D eigenvalue weighted by atomic mass is 10.1. The summed E-state index contributed by atoms with van der Waals surface area (Å²) >= 11 is 7.63. The van der Waals surface area contributed by atoms with Crippen molar-refractivity contribution in [3.63, 3.8) is 0 Å². The number of benzene rings is 2. The number of primary sulfonamides is 1. The molecule has 3 rings (SSSR count). The SMILES string of the molecule is NS(=O)(=O)c1ccc(CCNC(=O)Cc2csc(-c3ccccc3Cl)n2)cc1. The van der Waals surface area contributed by atoms with E-state index in [1.54, 1.807) is 18.2 Å². The lowest BCUT2D eigenvalue weighted by molar-refractivity contribution is -0.120. The summed E-state index contributed by atoms with van der Waals surface area (Å²) in [6.45, 7) is 0.440. The first-order valence-electron chi connectivity index (χ1n) is 8.40. The molecule has 0 bridgehead atoms. The highest BCUT2D eigenvalue weighted by atomic mass is 35.5. The van der Waals surface area contributed by atoms with Gasteiger partial charge in [0, 0.05) is 17.5 Å². The molecule has 146 valence electrons. The van der Waals surface area contributed by atoms with Crippen LogP contribution < -0.4 is 10.5 Å². The van der Waals surface area contributed by atoms with Crippen molar-refractivity contribution in [2.24, 2.45) is 5.14 Å². The maximum Gasteiger partial charge on any atom is 0.238 e. The number of nitrogens with one attached hydrogen (secondary N) is 1. The minimum absolute atomic E-state index is 0.0677. The first-order valence-corrected chi connectivity index (χ1v) is 11.2. The van der Waals surface area contributed by atoms with E-state index in [2.05, 4.69) is 10.3 Å². The molecule has 6 nitrogen and oxygen atoms in total. The molecule has 1 amide bonds. The molecule has 0 spiro atoms. The second kappa shape index (κ2) is 8.83. The van der Waals surface area contributed by atoms with Crippen LogP contribution in [0.4, 0.5) is 0 Å². The van der Waals surface area contributed by atoms with E-state index in [0.717, 1.165) is 16.1 Å². The van der Waals surface area contributed by atoms with Gasteiger partial charge in [0.2, 0.25) is 15.9 Å². The molecule has 3 N–H and O–H groups in total. The van der Waals surface area contributed by atoms with Crippen LogP contribution in [0.25, 0.3) is 10.6 Å². The monoisotopic (exact) mass is 435 g/mol. The topological polar surface area (TPSA) is 102 Å². The van der Waals surface area contributed by atoms with Crippen molar-refractivity contribution in [1.29, 1.82) is 0 Å². The van der Waals surface area contributed by atoms with E-state index in [-0.39, 0.29) is 17.2 Å². The Kier molecular flexibility index (Phi) is 6.46. The van der Waals surface area contributed by atoms with Crippen LogP contribution in [0.3, 0.4) is 0 Å². The summed E-state index contributed by atoms with van der Waals surface area (Å²) in [7, 11) is -3.69. The second-order valence-electron chi connectivity index (χ2n) is 6.09. The van der Waals surface area contributed by atoms with Gasteiger partial charge in [0.1, 0.15) is 5.01 Å². The van der Waals surface area contributed by atoms with Crippen LogP contribution in [-0.4, -0.2) is 25.9 Å². The van der Waals surface area contributed by atoms with Gasteiger partial charge in [0.25, 0.3) is 0 Å². The molecule has 1 heterocycles. The molecule has 2 aromatic carbocycles. The fourth-order valence-corrected chi connectivity index (χ4v) is 4.22. The van der Waals surface area contributed by atoms with E-state index in [1.165, 1.54) is 23.5 Å². The van der Waals surface area contributed by atoms with Crippen molar-refractivity contribution in [2.75, 3.05) is 6.54 Å². The fourth-order valence-electron chi connectivity index (χ4n) is 2.57. The van der Waals surface area contributed by atoms with Gasteiger partial charge in [-0.1, -0.05) is 41.9 Å². The lowest BCUT2D eigenvalue weighted by Gasteiger charge is -2.05. The molecule has 9 heteroatoms. The van der Waals surface area contributed by atoms with Crippen molar-refractivity contribution in [3.05, 3.63) is 70.2 Å². The number of carbonyl (C=O) groups excluding carboxylic acids is 1. The third-order valence-corrected chi connectivity index (χ3v) is 6.17. The molecule has 0 radical (unpaired) electrons. The summed E-state index contributed by atoms with van der Waals surface area (Å²) in [6.07, 6.45) is 0.768. The molecule has 0 aliphatic carbocycles. The highest BCUT2D eigenvalue weighted by molar-refractivity contribution is 7.89. The molecule has 0 unspecified atom stereocenters. The molecular formula is C19H18ClN3O3S2. The Morgan fingerprint density at radius 3 is 2.54 bits per heavy atom. The van der Waals surface area contributed by atoms with Crippen molar-refractivity contribution in [1.82, 2.24) is 10.3 Å². The minimum Gasteiger partial charge on any atom is -0.355 e. The van der Waals surface area contributed by atoms with Crippen molar-refractivity contribution in [2.45, 2.75) is 17.7 Å². The molecule has 28 heavy (non-hydrogen) atoms. The van der Waals surface area contributed by atoms with Gasteiger partial charge in [0.15, 0.2) is 0 Å². The third kappa shape index (κ3) is 5.39. The number of halogens is 1. The Balaban J connectivity index is 1.51. The zero-order valence-electron chi connectivity index (χ0n) is 14.8. The summed E-state index contributed by atoms with van der Waals surface area (Å²) < 4.78 is 22.5. The number of hydrogen-bond donors (Lipinski definition) is 2. The predicted octanol–water partition coefficient (Wildman–Crippen LogP) is 3.01. The van der Waals surface area contributed by atoms with Crippen LogP contribution in [0, 0.1) is 0 Å². The zero-order valence-corrected chi connectivity index (χ0v) is 17.2. The van der Waals surface area contributed by atoms with Gasteiger partial charge in [-0.2, -0.15) is 0 Å². The van der Waals surface area contributed by atoms with E-state index in [0.29, 0.717) is 23.7 Å². The van der Waals surface area contributed by atoms with Crippen molar-refractivity contribution in [3.8, 4) is 10.6 Å². The molecule has 0 atom stereocenters. The molecule has 0 saturated heterocycles. The minimum atomic E-state index is -3.69. The normalized spacial score (nSPS) is 11.4. The van der Waals surface area contributed by atoms with E-state index >= 15 is 0 Å².